The number of thiol groups is 2. The van der Waals surface area contributed by atoms with Gasteiger partial charge in [-0.2, -0.15) is 0 Å². The van der Waals surface area contributed by atoms with Crippen LogP contribution >= 0.6 is 25.3 Å². The fourth-order valence-corrected chi connectivity index (χ4v) is 4.00. The van der Waals surface area contributed by atoms with Crippen LogP contribution in [0.2, 0.25) is 0 Å². The first-order chi connectivity index (χ1) is 16.1. The lowest BCUT2D eigenvalue weighted by atomic mass is 10.0. The van der Waals surface area contributed by atoms with E-state index < -0.39 is 0 Å². The molecule has 0 N–H and O–H groups in total. The standard InChI is InChI=1S/C16H18S.C15H16S/c1-2-3-4-13-5-7-14(8-6-13)15-9-11-16(17)12-10-15;1-2-3-12-4-6-13(7-5-12)14-8-10-15(16)11-9-14/h5-12,17H,2-4H2,1H3;4-11,16H,2-3H2,1H3. The van der Waals surface area contributed by atoms with Crippen molar-refractivity contribution in [3.63, 3.8) is 0 Å². The van der Waals surface area contributed by atoms with E-state index in [9.17, 15) is 0 Å². The van der Waals surface area contributed by atoms with E-state index in [0.717, 1.165) is 16.2 Å². The zero-order valence-electron chi connectivity index (χ0n) is 19.7. The van der Waals surface area contributed by atoms with Crippen molar-refractivity contribution in [2.24, 2.45) is 0 Å². The molecule has 0 saturated heterocycles. The third-order valence-corrected chi connectivity index (χ3v) is 6.26. The van der Waals surface area contributed by atoms with Gasteiger partial charge in [-0.25, -0.2) is 0 Å². The Balaban J connectivity index is 0.000000186. The van der Waals surface area contributed by atoms with Gasteiger partial charge in [0, 0.05) is 9.79 Å². The van der Waals surface area contributed by atoms with Crippen LogP contribution in [0.15, 0.2) is 107 Å². The van der Waals surface area contributed by atoms with E-state index in [-0.39, 0.29) is 0 Å². The predicted octanol–water partition coefficient (Wildman–Crippen LogP) is 9.58. The summed E-state index contributed by atoms with van der Waals surface area (Å²) in [7, 11) is 0. The average Bonchev–Trinajstić information content (AvgIpc) is 2.85. The van der Waals surface area contributed by atoms with Gasteiger partial charge in [-0.1, -0.05) is 99.5 Å². The smallest absolute Gasteiger partial charge is 0.00404 e. The SMILES string of the molecule is CCCCc1ccc(-c2ccc(S)cc2)cc1.CCCc1ccc(-c2ccc(S)cc2)cc1. The van der Waals surface area contributed by atoms with Crippen LogP contribution in [0, 0.1) is 0 Å². The third-order valence-electron chi connectivity index (χ3n) is 5.67. The fraction of sp³-hybridized carbons (Fsp3) is 0.226. The van der Waals surface area contributed by atoms with Crippen molar-refractivity contribution < 1.29 is 0 Å². The van der Waals surface area contributed by atoms with Crippen molar-refractivity contribution in [1.29, 1.82) is 0 Å². The van der Waals surface area contributed by atoms with Gasteiger partial charge in [-0.05, 0) is 76.9 Å². The molecule has 0 saturated carbocycles. The molecular weight excluding hydrogens is 436 g/mol. The lowest BCUT2D eigenvalue weighted by Gasteiger charge is -2.04. The first kappa shape index (κ1) is 25.2. The van der Waals surface area contributed by atoms with Gasteiger partial charge in [0.2, 0.25) is 0 Å². The Kier molecular flexibility index (Phi) is 10.2. The zero-order chi connectivity index (χ0) is 23.5. The molecule has 0 spiro atoms. The molecule has 0 amide bonds. The van der Waals surface area contributed by atoms with Crippen LogP contribution in [0.5, 0.6) is 0 Å². The molecule has 4 rings (SSSR count). The summed E-state index contributed by atoms with van der Waals surface area (Å²) in [6.07, 6.45) is 6.08. The third kappa shape index (κ3) is 8.14. The largest absolute Gasteiger partial charge is 0.143 e. The molecule has 4 aromatic rings. The van der Waals surface area contributed by atoms with Gasteiger partial charge in [-0.3, -0.25) is 0 Å². The second kappa shape index (κ2) is 13.3. The van der Waals surface area contributed by atoms with Crippen molar-refractivity contribution >= 4 is 25.3 Å². The number of hydrogen-bond donors (Lipinski definition) is 2. The van der Waals surface area contributed by atoms with Gasteiger partial charge in [0.1, 0.15) is 0 Å². The monoisotopic (exact) mass is 470 g/mol. The van der Waals surface area contributed by atoms with Crippen molar-refractivity contribution in [3.8, 4) is 22.3 Å². The molecule has 0 atom stereocenters. The Hall–Kier alpha value is -2.42. The zero-order valence-corrected chi connectivity index (χ0v) is 21.5. The number of rotatable bonds is 7. The van der Waals surface area contributed by atoms with E-state index in [1.807, 2.05) is 24.3 Å². The van der Waals surface area contributed by atoms with Crippen LogP contribution in [-0.2, 0) is 12.8 Å². The average molecular weight is 471 g/mol. The minimum absolute atomic E-state index is 1.01. The quantitative estimate of drug-likeness (QED) is 0.247. The topological polar surface area (TPSA) is 0 Å². The Morgan fingerprint density at radius 3 is 1.09 bits per heavy atom. The molecule has 0 bridgehead atoms. The van der Waals surface area contributed by atoms with E-state index >= 15 is 0 Å². The lowest BCUT2D eigenvalue weighted by Crippen LogP contribution is -1.84. The van der Waals surface area contributed by atoms with Crippen LogP contribution < -0.4 is 0 Å². The van der Waals surface area contributed by atoms with Crippen molar-refractivity contribution in [2.75, 3.05) is 0 Å². The maximum atomic E-state index is 4.30. The minimum atomic E-state index is 1.01. The number of hydrogen-bond acceptors (Lipinski definition) is 2. The maximum absolute atomic E-state index is 4.30. The van der Waals surface area contributed by atoms with Crippen LogP contribution in [0.4, 0.5) is 0 Å². The first-order valence-electron chi connectivity index (χ1n) is 11.9. The Morgan fingerprint density at radius 1 is 0.424 bits per heavy atom. The van der Waals surface area contributed by atoms with Crippen molar-refractivity contribution in [1.82, 2.24) is 0 Å². The molecule has 0 aliphatic rings. The van der Waals surface area contributed by atoms with E-state index in [2.05, 4.69) is 112 Å². The fourth-order valence-electron chi connectivity index (χ4n) is 3.71. The highest BCUT2D eigenvalue weighted by Crippen LogP contribution is 2.23. The Labute approximate surface area is 210 Å². The lowest BCUT2D eigenvalue weighted by molar-refractivity contribution is 0.795. The van der Waals surface area contributed by atoms with Gasteiger partial charge < -0.3 is 0 Å². The van der Waals surface area contributed by atoms with Crippen LogP contribution in [0.1, 0.15) is 44.2 Å². The van der Waals surface area contributed by atoms with E-state index in [0.29, 0.717) is 0 Å². The second-order valence-corrected chi connectivity index (χ2v) is 9.37. The molecule has 0 aliphatic carbocycles. The summed E-state index contributed by atoms with van der Waals surface area (Å²) in [6.45, 7) is 4.44. The van der Waals surface area contributed by atoms with Gasteiger partial charge in [0.25, 0.3) is 0 Å². The number of unbranched alkanes of at least 4 members (excludes halogenated alkanes) is 1. The van der Waals surface area contributed by atoms with Gasteiger partial charge in [0.05, 0.1) is 0 Å². The molecule has 0 radical (unpaired) electrons. The second-order valence-electron chi connectivity index (χ2n) is 8.34. The minimum Gasteiger partial charge on any atom is -0.143 e. The van der Waals surface area contributed by atoms with Crippen molar-refractivity contribution in [3.05, 3.63) is 108 Å². The van der Waals surface area contributed by atoms with Gasteiger partial charge >= 0.3 is 0 Å². The molecule has 33 heavy (non-hydrogen) atoms. The highest BCUT2D eigenvalue weighted by molar-refractivity contribution is 7.80. The molecule has 4 aromatic carbocycles. The van der Waals surface area contributed by atoms with Gasteiger partial charge in [-0.15, -0.1) is 25.3 Å². The van der Waals surface area contributed by atoms with Gasteiger partial charge in [0.15, 0.2) is 0 Å². The summed E-state index contributed by atoms with van der Waals surface area (Å²) in [5.74, 6) is 0. The molecule has 170 valence electrons. The molecule has 2 heteroatoms. The first-order valence-corrected chi connectivity index (χ1v) is 12.7. The summed E-state index contributed by atoms with van der Waals surface area (Å²) >= 11 is 8.59. The summed E-state index contributed by atoms with van der Waals surface area (Å²) in [5, 5.41) is 0. The summed E-state index contributed by atoms with van der Waals surface area (Å²) in [6, 6.07) is 34.3. The summed E-state index contributed by atoms with van der Waals surface area (Å²) in [5.41, 5.74) is 7.90. The highest BCUT2D eigenvalue weighted by atomic mass is 32.1. The van der Waals surface area contributed by atoms with Crippen LogP contribution in [-0.4, -0.2) is 0 Å². The van der Waals surface area contributed by atoms with Crippen molar-refractivity contribution in [2.45, 2.75) is 55.7 Å². The van der Waals surface area contributed by atoms with E-state index in [1.54, 1.807) is 0 Å². The molecular formula is C31H34S2. The molecule has 0 aromatic heterocycles. The summed E-state index contributed by atoms with van der Waals surface area (Å²) in [4.78, 5) is 2.01. The van der Waals surface area contributed by atoms with E-state index in [1.165, 1.54) is 59.1 Å². The maximum Gasteiger partial charge on any atom is 0.00404 e. The molecule has 0 aliphatic heterocycles. The molecule has 0 nitrogen and oxygen atoms in total. The Bertz CT molecular complexity index is 1080. The van der Waals surface area contributed by atoms with Crippen LogP contribution in [0.3, 0.4) is 0 Å². The molecule has 0 unspecified atom stereocenters. The Morgan fingerprint density at radius 2 is 0.758 bits per heavy atom. The summed E-state index contributed by atoms with van der Waals surface area (Å²) < 4.78 is 0. The molecule has 0 fully saturated rings. The normalized spacial score (nSPS) is 10.4. The van der Waals surface area contributed by atoms with Crippen LogP contribution in [0.25, 0.3) is 22.3 Å². The number of benzene rings is 4. The molecule has 0 heterocycles. The highest BCUT2D eigenvalue weighted by Gasteiger charge is 1.99. The van der Waals surface area contributed by atoms with E-state index in [4.69, 9.17) is 0 Å². The number of aryl methyl sites for hydroxylation is 2. The predicted molar refractivity (Wildman–Crippen MR) is 151 cm³/mol.